The molecule has 0 fully saturated rings. The van der Waals surface area contributed by atoms with Gasteiger partial charge >= 0.3 is 5.95 Å². The summed E-state index contributed by atoms with van der Waals surface area (Å²) >= 11 is 0. The van der Waals surface area contributed by atoms with Gasteiger partial charge in [-0.15, -0.1) is 5.43 Å². The molecule has 0 saturated heterocycles. The summed E-state index contributed by atoms with van der Waals surface area (Å²) in [6.07, 6.45) is 3.82. The third-order valence-electron chi connectivity index (χ3n) is 2.18. The zero-order chi connectivity index (χ0) is 10.7. The average Bonchev–Trinajstić information content (AvgIpc) is 2.63. The molecule has 78 valence electrons. The van der Waals surface area contributed by atoms with Crippen molar-refractivity contribution < 1.29 is 9.99 Å². The van der Waals surface area contributed by atoms with Crippen molar-refractivity contribution in [3.8, 4) is 0 Å². The molecule has 0 aliphatic carbocycles. The number of quaternary nitrogens is 1. The predicted octanol–water partition coefficient (Wildman–Crippen LogP) is -0.357. The van der Waals surface area contributed by atoms with Gasteiger partial charge in [0.25, 0.3) is 0 Å². The monoisotopic (exact) mass is 205 g/mol. The lowest BCUT2D eigenvalue weighted by Gasteiger charge is -1.98. The number of nitrogen functional groups attached to an aromatic ring is 2. The molecule has 5 nitrogen and oxygen atoms in total. The molecule has 6 N–H and O–H groups in total. The van der Waals surface area contributed by atoms with Crippen molar-refractivity contribution in [1.82, 2.24) is 4.98 Å². The number of H-pyrrole nitrogens is 1. The minimum atomic E-state index is 0.776. The first-order valence-corrected chi connectivity index (χ1v) is 4.74. The van der Waals surface area contributed by atoms with Crippen molar-refractivity contribution in [3.63, 3.8) is 0 Å². The molecule has 0 radical (unpaired) electrons. The second-order valence-corrected chi connectivity index (χ2v) is 3.37. The minimum Gasteiger partial charge on any atom is -0.399 e. The number of anilines is 2. The lowest BCUT2D eigenvalue weighted by molar-refractivity contribution is -0.669. The number of hydrogen-bond acceptors (Lipinski definition) is 2. The summed E-state index contributed by atoms with van der Waals surface area (Å²) in [5, 5.41) is 0. The van der Waals surface area contributed by atoms with Gasteiger partial charge in [0.2, 0.25) is 0 Å². The molecule has 1 heterocycles. The summed E-state index contributed by atoms with van der Waals surface area (Å²) in [4.78, 5) is 3.08. The fourth-order valence-corrected chi connectivity index (χ4v) is 1.29. The molecular formula is C10H15N5+2. The molecule has 2 rings (SSSR count). The van der Waals surface area contributed by atoms with Gasteiger partial charge in [-0.25, -0.2) is 9.55 Å². The maximum Gasteiger partial charge on any atom is 0.403 e. The largest absolute Gasteiger partial charge is 0.403 e. The van der Waals surface area contributed by atoms with Crippen molar-refractivity contribution in [2.45, 2.75) is 0 Å². The van der Waals surface area contributed by atoms with E-state index < -0.39 is 0 Å². The summed E-state index contributed by atoms with van der Waals surface area (Å²) in [6, 6.07) is 7.68. The molecular weight excluding hydrogens is 190 g/mol. The summed E-state index contributed by atoms with van der Waals surface area (Å²) in [5.74, 6) is 0.937. The molecule has 0 spiro atoms. The fourth-order valence-electron chi connectivity index (χ4n) is 1.29. The smallest absolute Gasteiger partial charge is 0.399 e. The normalized spacial score (nSPS) is 10.2. The van der Waals surface area contributed by atoms with Gasteiger partial charge in [0.05, 0.1) is 19.4 Å². The Morgan fingerprint density at radius 3 is 2.67 bits per heavy atom. The van der Waals surface area contributed by atoms with E-state index in [1.807, 2.05) is 53.7 Å². The SMILES string of the molecule is C[n+]1cc[nH]c1N[NH2+]c1ccc(N)cc1. The van der Waals surface area contributed by atoms with Gasteiger partial charge in [-0.05, 0) is 12.1 Å². The molecule has 2 aromatic rings. The number of hydrogen-bond donors (Lipinski definition) is 4. The number of nitrogens with one attached hydrogen (secondary N) is 2. The molecule has 5 heteroatoms. The lowest BCUT2D eigenvalue weighted by Crippen LogP contribution is -2.83. The Morgan fingerprint density at radius 1 is 1.33 bits per heavy atom. The fraction of sp³-hybridized carbons (Fsp3) is 0.100. The molecule has 0 aliphatic heterocycles. The van der Waals surface area contributed by atoms with Gasteiger partial charge in [-0.1, -0.05) is 0 Å². The van der Waals surface area contributed by atoms with Crippen LogP contribution < -0.4 is 21.2 Å². The molecule has 1 aromatic carbocycles. The molecule has 15 heavy (non-hydrogen) atoms. The molecule has 0 atom stereocenters. The molecule has 1 aromatic heterocycles. The summed E-state index contributed by atoms with van der Waals surface area (Å²) in [7, 11) is 1.97. The van der Waals surface area contributed by atoms with Crippen molar-refractivity contribution in [2.75, 3.05) is 11.2 Å². The second-order valence-electron chi connectivity index (χ2n) is 3.37. The van der Waals surface area contributed by atoms with Crippen LogP contribution in [0.2, 0.25) is 0 Å². The van der Waals surface area contributed by atoms with Crippen molar-refractivity contribution >= 4 is 17.3 Å². The van der Waals surface area contributed by atoms with E-state index in [2.05, 4.69) is 10.4 Å². The zero-order valence-corrected chi connectivity index (χ0v) is 8.57. The van der Waals surface area contributed by atoms with Crippen LogP contribution in [0.25, 0.3) is 0 Å². The Hall–Kier alpha value is -2.01. The van der Waals surface area contributed by atoms with Crippen LogP contribution in [0.4, 0.5) is 17.3 Å². The van der Waals surface area contributed by atoms with Crippen LogP contribution in [0.5, 0.6) is 0 Å². The lowest BCUT2D eigenvalue weighted by atomic mass is 10.3. The van der Waals surface area contributed by atoms with Crippen LogP contribution in [0, 0.1) is 0 Å². The van der Waals surface area contributed by atoms with E-state index in [4.69, 9.17) is 5.73 Å². The Morgan fingerprint density at radius 2 is 2.07 bits per heavy atom. The van der Waals surface area contributed by atoms with Gasteiger partial charge in [0, 0.05) is 17.8 Å². The Kier molecular flexibility index (Phi) is 2.55. The van der Waals surface area contributed by atoms with Gasteiger partial charge in [0.15, 0.2) is 5.69 Å². The highest BCUT2D eigenvalue weighted by molar-refractivity contribution is 5.44. The highest BCUT2D eigenvalue weighted by Gasteiger charge is 2.07. The third kappa shape index (κ3) is 2.26. The summed E-state index contributed by atoms with van der Waals surface area (Å²) < 4.78 is 1.97. The van der Waals surface area contributed by atoms with Crippen LogP contribution in [-0.4, -0.2) is 4.98 Å². The maximum atomic E-state index is 5.60. The average molecular weight is 205 g/mol. The van der Waals surface area contributed by atoms with Gasteiger partial charge in [-0.2, -0.15) is 5.43 Å². The number of nitrogens with two attached hydrogens (primary N) is 2. The van der Waals surface area contributed by atoms with Crippen molar-refractivity contribution in [1.29, 1.82) is 0 Å². The van der Waals surface area contributed by atoms with Crippen molar-refractivity contribution in [2.24, 2.45) is 7.05 Å². The zero-order valence-electron chi connectivity index (χ0n) is 8.57. The van der Waals surface area contributed by atoms with Crippen LogP contribution in [-0.2, 0) is 7.05 Å². The van der Waals surface area contributed by atoms with Gasteiger partial charge in [-0.3, -0.25) is 0 Å². The Labute approximate surface area is 87.9 Å². The van der Waals surface area contributed by atoms with Crippen molar-refractivity contribution in [3.05, 3.63) is 36.7 Å². The highest BCUT2D eigenvalue weighted by atomic mass is 15.4. The first-order chi connectivity index (χ1) is 7.25. The number of imidazole rings is 1. The van der Waals surface area contributed by atoms with E-state index in [9.17, 15) is 0 Å². The molecule has 0 unspecified atom stereocenters. The minimum absolute atomic E-state index is 0.776. The number of nitrogens with zero attached hydrogens (tertiary/aromatic N) is 1. The van der Waals surface area contributed by atoms with Crippen LogP contribution in [0.1, 0.15) is 0 Å². The van der Waals surface area contributed by atoms with E-state index in [-0.39, 0.29) is 0 Å². The highest BCUT2D eigenvalue weighted by Crippen LogP contribution is 2.04. The quantitative estimate of drug-likeness (QED) is 0.239. The van der Waals surface area contributed by atoms with Gasteiger partial charge < -0.3 is 5.73 Å². The van der Waals surface area contributed by atoms with E-state index in [0.29, 0.717) is 0 Å². The summed E-state index contributed by atoms with van der Waals surface area (Å²) in [6.45, 7) is 0. The Bertz CT molecular complexity index is 431. The topological polar surface area (TPSA) is 74.3 Å². The maximum absolute atomic E-state index is 5.60. The predicted molar refractivity (Wildman–Crippen MR) is 58.0 cm³/mol. The van der Waals surface area contributed by atoms with Crippen LogP contribution >= 0.6 is 0 Å². The number of benzene rings is 1. The number of aryl methyl sites for hydroxylation is 1. The van der Waals surface area contributed by atoms with E-state index in [1.54, 1.807) is 0 Å². The van der Waals surface area contributed by atoms with E-state index in [0.717, 1.165) is 17.3 Å². The van der Waals surface area contributed by atoms with E-state index >= 15 is 0 Å². The third-order valence-corrected chi connectivity index (χ3v) is 2.18. The number of aromatic nitrogens is 2. The second kappa shape index (κ2) is 4.02. The molecule has 0 aliphatic rings. The Balaban J connectivity index is 1.99. The number of aromatic amines is 1. The first kappa shape index (κ1) is 9.54. The van der Waals surface area contributed by atoms with Crippen LogP contribution in [0.15, 0.2) is 36.7 Å². The first-order valence-electron chi connectivity index (χ1n) is 4.74. The number of rotatable bonds is 3. The standard InChI is InChI=1S/C10H13N5/c1-15-7-6-12-10(15)14-13-9-4-2-8(11)3-5-9/h2-7,13H,11H2,1H3,(H,12,14)/p+2. The molecule has 0 saturated carbocycles. The van der Waals surface area contributed by atoms with Crippen LogP contribution in [0.3, 0.4) is 0 Å². The summed E-state index contributed by atoms with van der Waals surface area (Å²) in [5.41, 5.74) is 12.5. The van der Waals surface area contributed by atoms with Gasteiger partial charge in [0.1, 0.15) is 0 Å². The van der Waals surface area contributed by atoms with E-state index in [1.165, 1.54) is 0 Å². The molecule has 0 amide bonds. The molecule has 0 bridgehead atoms.